The Balaban J connectivity index is 2.03. The number of benzene rings is 2. The van der Waals surface area contributed by atoms with Gasteiger partial charge in [0.05, 0.1) is 12.3 Å². The van der Waals surface area contributed by atoms with E-state index in [-0.39, 0.29) is 18.6 Å². The second-order valence-corrected chi connectivity index (χ2v) is 7.11. The number of hydrogen-bond acceptors (Lipinski definition) is 6. The normalized spacial score (nSPS) is 12.0. The largest absolute Gasteiger partial charge is 0.383 e. The van der Waals surface area contributed by atoms with Gasteiger partial charge in [-0.25, -0.2) is 0 Å². The van der Waals surface area contributed by atoms with Gasteiger partial charge < -0.3 is 14.8 Å². The molecule has 0 radical (unpaired) electrons. The van der Waals surface area contributed by atoms with Gasteiger partial charge in [0.2, 0.25) is 0 Å². The minimum absolute atomic E-state index is 0.115. The van der Waals surface area contributed by atoms with E-state index in [1.165, 1.54) is 5.56 Å². The van der Waals surface area contributed by atoms with Crippen molar-refractivity contribution in [2.24, 2.45) is 0 Å². The summed E-state index contributed by atoms with van der Waals surface area (Å²) in [7, 11) is 1.61. The molecule has 0 saturated carbocycles. The Labute approximate surface area is 176 Å². The number of carbonyl (C=O) groups is 1. The van der Waals surface area contributed by atoms with Gasteiger partial charge in [0, 0.05) is 25.3 Å². The molecule has 8 heteroatoms. The van der Waals surface area contributed by atoms with Crippen LogP contribution in [0.3, 0.4) is 0 Å². The Kier molecular flexibility index (Phi) is 7.26. The van der Waals surface area contributed by atoms with Crippen molar-refractivity contribution >= 4 is 5.91 Å². The van der Waals surface area contributed by atoms with E-state index < -0.39 is 0 Å². The molecule has 0 saturated heterocycles. The number of nitrogens with one attached hydrogen (secondary N) is 1. The van der Waals surface area contributed by atoms with Crippen molar-refractivity contribution in [1.82, 2.24) is 25.5 Å². The van der Waals surface area contributed by atoms with Crippen LogP contribution in [-0.4, -0.2) is 52.5 Å². The van der Waals surface area contributed by atoms with Gasteiger partial charge in [-0.05, 0) is 60.5 Å². The first kappa shape index (κ1) is 21.6. The zero-order valence-corrected chi connectivity index (χ0v) is 17.8. The molecule has 3 aromatic rings. The number of aromatic nitrogens is 4. The van der Waals surface area contributed by atoms with Crippen molar-refractivity contribution < 1.29 is 14.3 Å². The maximum absolute atomic E-state index is 12.9. The molecule has 0 spiro atoms. The van der Waals surface area contributed by atoms with E-state index in [1.807, 2.05) is 57.2 Å². The summed E-state index contributed by atoms with van der Waals surface area (Å²) < 4.78 is 12.2. The number of aryl methyl sites for hydroxylation is 1. The maximum atomic E-state index is 12.9. The Hall–Kier alpha value is -3.10. The highest BCUT2D eigenvalue weighted by Gasteiger charge is 2.16. The minimum atomic E-state index is -0.186. The standard InChI is InChI=1S/C22H27N5O3/c1-5-30-14-21-24-25-26-27(21)20-11-18(17-8-6-15(2)7-9-17)10-19(12-20)22(28)23-16(3)13-29-4/h6-12,16H,5,13-14H2,1-4H3,(H,23,28)/t16-/m0/s1. The Bertz CT molecular complexity index is 985. The summed E-state index contributed by atoms with van der Waals surface area (Å²) in [5.74, 6) is 0.381. The molecule has 0 aliphatic heterocycles. The topological polar surface area (TPSA) is 91.2 Å². The smallest absolute Gasteiger partial charge is 0.251 e. The molecule has 158 valence electrons. The van der Waals surface area contributed by atoms with Crippen molar-refractivity contribution in [3.05, 3.63) is 59.4 Å². The number of amides is 1. The number of ether oxygens (including phenoxy) is 2. The van der Waals surface area contributed by atoms with E-state index in [1.54, 1.807) is 17.9 Å². The number of carbonyl (C=O) groups excluding carboxylic acids is 1. The predicted octanol–water partition coefficient (Wildman–Crippen LogP) is 2.94. The van der Waals surface area contributed by atoms with Gasteiger partial charge in [-0.2, -0.15) is 4.68 Å². The van der Waals surface area contributed by atoms with Gasteiger partial charge in [0.25, 0.3) is 5.91 Å². The molecule has 0 aliphatic rings. The number of rotatable bonds is 9. The highest BCUT2D eigenvalue weighted by molar-refractivity contribution is 5.96. The fraction of sp³-hybridized carbons (Fsp3) is 0.364. The van der Waals surface area contributed by atoms with Crippen molar-refractivity contribution in [3.8, 4) is 16.8 Å². The van der Waals surface area contributed by atoms with Crippen molar-refractivity contribution in [2.45, 2.75) is 33.4 Å². The average molecular weight is 409 g/mol. The lowest BCUT2D eigenvalue weighted by Gasteiger charge is -2.15. The number of tetrazole rings is 1. The summed E-state index contributed by atoms with van der Waals surface area (Å²) in [5, 5.41) is 14.9. The molecular formula is C22H27N5O3. The lowest BCUT2D eigenvalue weighted by atomic mass is 10.0. The van der Waals surface area contributed by atoms with E-state index in [0.29, 0.717) is 30.3 Å². The second kappa shape index (κ2) is 10.1. The van der Waals surface area contributed by atoms with E-state index in [2.05, 4.69) is 20.8 Å². The summed E-state index contributed by atoms with van der Waals surface area (Å²) in [4.78, 5) is 12.9. The predicted molar refractivity (Wildman–Crippen MR) is 113 cm³/mol. The van der Waals surface area contributed by atoms with Crippen molar-refractivity contribution in [3.63, 3.8) is 0 Å². The lowest BCUT2D eigenvalue weighted by molar-refractivity contribution is 0.0905. The summed E-state index contributed by atoms with van der Waals surface area (Å²) in [5.41, 5.74) is 4.28. The van der Waals surface area contributed by atoms with Gasteiger partial charge in [-0.1, -0.05) is 29.8 Å². The van der Waals surface area contributed by atoms with Gasteiger partial charge in [0.1, 0.15) is 6.61 Å². The summed E-state index contributed by atoms with van der Waals surface area (Å²) in [6.45, 7) is 7.12. The molecule has 0 unspecified atom stereocenters. The third-order valence-corrected chi connectivity index (χ3v) is 4.57. The molecule has 0 aliphatic carbocycles. The van der Waals surface area contributed by atoms with Gasteiger partial charge >= 0.3 is 0 Å². The lowest BCUT2D eigenvalue weighted by Crippen LogP contribution is -2.35. The average Bonchev–Trinajstić information content (AvgIpc) is 3.21. The Morgan fingerprint density at radius 3 is 2.63 bits per heavy atom. The van der Waals surface area contributed by atoms with Crippen LogP contribution in [0, 0.1) is 6.92 Å². The first-order chi connectivity index (χ1) is 14.5. The monoisotopic (exact) mass is 409 g/mol. The van der Waals surface area contributed by atoms with Crippen LogP contribution in [0.25, 0.3) is 16.8 Å². The summed E-state index contributed by atoms with van der Waals surface area (Å²) in [6.07, 6.45) is 0. The van der Waals surface area contributed by atoms with Crippen LogP contribution in [0.2, 0.25) is 0 Å². The first-order valence-corrected chi connectivity index (χ1v) is 9.89. The van der Waals surface area contributed by atoms with E-state index in [0.717, 1.165) is 11.1 Å². The summed E-state index contributed by atoms with van der Waals surface area (Å²) >= 11 is 0. The van der Waals surface area contributed by atoms with E-state index in [4.69, 9.17) is 9.47 Å². The Morgan fingerprint density at radius 1 is 1.17 bits per heavy atom. The van der Waals surface area contributed by atoms with Crippen LogP contribution in [0.15, 0.2) is 42.5 Å². The van der Waals surface area contributed by atoms with E-state index in [9.17, 15) is 4.79 Å². The second-order valence-electron chi connectivity index (χ2n) is 7.11. The van der Waals surface area contributed by atoms with E-state index >= 15 is 0 Å². The molecule has 1 amide bonds. The molecule has 8 nitrogen and oxygen atoms in total. The van der Waals surface area contributed by atoms with Crippen LogP contribution < -0.4 is 5.32 Å². The minimum Gasteiger partial charge on any atom is -0.383 e. The molecule has 2 aromatic carbocycles. The molecule has 0 bridgehead atoms. The van der Waals surface area contributed by atoms with Crippen LogP contribution in [0.5, 0.6) is 0 Å². The van der Waals surface area contributed by atoms with Gasteiger partial charge in [-0.3, -0.25) is 4.79 Å². The van der Waals surface area contributed by atoms with Crippen LogP contribution >= 0.6 is 0 Å². The van der Waals surface area contributed by atoms with Crippen LogP contribution in [0.1, 0.15) is 35.6 Å². The molecule has 1 heterocycles. The number of hydrogen-bond donors (Lipinski definition) is 1. The zero-order valence-electron chi connectivity index (χ0n) is 17.8. The van der Waals surface area contributed by atoms with Crippen LogP contribution in [0.4, 0.5) is 0 Å². The quantitative estimate of drug-likeness (QED) is 0.584. The van der Waals surface area contributed by atoms with Crippen LogP contribution in [-0.2, 0) is 16.1 Å². The highest BCUT2D eigenvalue weighted by Crippen LogP contribution is 2.25. The molecule has 1 aromatic heterocycles. The molecule has 0 fully saturated rings. The Morgan fingerprint density at radius 2 is 1.93 bits per heavy atom. The third-order valence-electron chi connectivity index (χ3n) is 4.57. The zero-order chi connectivity index (χ0) is 21.5. The molecular weight excluding hydrogens is 382 g/mol. The van der Waals surface area contributed by atoms with Gasteiger partial charge in [0.15, 0.2) is 5.82 Å². The molecule has 3 rings (SSSR count). The number of methoxy groups -OCH3 is 1. The molecule has 1 atom stereocenters. The molecule has 1 N–H and O–H groups in total. The fourth-order valence-corrected chi connectivity index (χ4v) is 3.07. The summed E-state index contributed by atoms with van der Waals surface area (Å²) in [6, 6.07) is 13.6. The van der Waals surface area contributed by atoms with Gasteiger partial charge in [-0.15, -0.1) is 5.10 Å². The van der Waals surface area contributed by atoms with Crippen molar-refractivity contribution in [1.29, 1.82) is 0 Å². The SMILES string of the molecule is CCOCc1nnnn1-c1cc(C(=O)N[C@@H](C)COC)cc(-c2ccc(C)cc2)c1. The first-order valence-electron chi connectivity index (χ1n) is 9.89. The third kappa shape index (κ3) is 5.28. The maximum Gasteiger partial charge on any atom is 0.251 e. The highest BCUT2D eigenvalue weighted by atomic mass is 16.5. The fourth-order valence-electron chi connectivity index (χ4n) is 3.07. The van der Waals surface area contributed by atoms with Crippen molar-refractivity contribution in [2.75, 3.05) is 20.3 Å². The molecule has 30 heavy (non-hydrogen) atoms. The number of nitrogens with zero attached hydrogens (tertiary/aromatic N) is 4.